The first-order valence-electron chi connectivity index (χ1n) is 5.31. The lowest BCUT2D eigenvalue weighted by Crippen LogP contribution is -2.17. The van der Waals surface area contributed by atoms with Crippen LogP contribution in [0, 0.1) is 6.92 Å². The molecule has 6 heteroatoms. The highest BCUT2D eigenvalue weighted by molar-refractivity contribution is 7.17. The van der Waals surface area contributed by atoms with E-state index in [1.54, 1.807) is 25.1 Å². The fourth-order valence-corrected chi connectivity index (χ4v) is 2.43. The molecule has 0 radical (unpaired) electrons. The normalized spacial score (nSPS) is 11.4. The van der Waals surface area contributed by atoms with Gasteiger partial charge in [0, 0.05) is 4.88 Å². The molecule has 0 unspecified atom stereocenters. The van der Waals surface area contributed by atoms with Crippen LogP contribution in [0.3, 0.4) is 0 Å². The highest BCUT2D eigenvalue weighted by Gasteiger charge is 2.31. The number of thiophene rings is 1. The van der Waals surface area contributed by atoms with Gasteiger partial charge in [0.05, 0.1) is 4.88 Å². The minimum atomic E-state index is -4.69. The summed E-state index contributed by atoms with van der Waals surface area (Å²) in [6.07, 6.45) is -3.96. The van der Waals surface area contributed by atoms with Crippen molar-refractivity contribution in [2.24, 2.45) is 0 Å². The molecule has 0 amide bonds. The molecule has 0 fully saturated rings. The maximum Gasteiger partial charge on any atom is 0.573 e. The highest BCUT2D eigenvalue weighted by Crippen LogP contribution is 2.32. The summed E-state index contributed by atoms with van der Waals surface area (Å²) in [5, 5.41) is 0. The summed E-state index contributed by atoms with van der Waals surface area (Å²) in [5.41, 5.74) is 1.14. The zero-order valence-electron chi connectivity index (χ0n) is 9.82. The Labute approximate surface area is 111 Å². The van der Waals surface area contributed by atoms with Gasteiger partial charge in [0.2, 0.25) is 0 Å². The van der Waals surface area contributed by atoms with Crippen LogP contribution in [0.5, 0.6) is 5.75 Å². The van der Waals surface area contributed by atoms with E-state index in [9.17, 15) is 18.0 Å². The number of ether oxygens (including phenoxy) is 1. The van der Waals surface area contributed by atoms with Gasteiger partial charge in [-0.15, -0.1) is 24.5 Å². The van der Waals surface area contributed by atoms with Crippen LogP contribution < -0.4 is 4.74 Å². The Kier molecular flexibility index (Phi) is 3.61. The third-order valence-corrected chi connectivity index (χ3v) is 3.49. The lowest BCUT2D eigenvalue weighted by molar-refractivity contribution is -0.274. The molecule has 0 atom stereocenters. The van der Waals surface area contributed by atoms with Crippen molar-refractivity contribution in [3.8, 4) is 16.2 Å². The number of carbonyl (C=O) groups excluding carboxylic acids is 1. The van der Waals surface area contributed by atoms with Gasteiger partial charge < -0.3 is 4.74 Å². The standard InChI is InChI=1S/C13H9F3O2S/c1-8-6-9(12-5-3-10(7-17)19-12)2-4-11(8)18-13(14,15)16/h2-7H,1H3. The van der Waals surface area contributed by atoms with Gasteiger partial charge in [0.15, 0.2) is 6.29 Å². The molecule has 2 rings (SSSR count). The topological polar surface area (TPSA) is 26.3 Å². The van der Waals surface area contributed by atoms with Crippen molar-refractivity contribution in [1.29, 1.82) is 0 Å². The Morgan fingerprint density at radius 3 is 2.47 bits per heavy atom. The molecule has 2 nitrogen and oxygen atoms in total. The summed E-state index contributed by atoms with van der Waals surface area (Å²) in [6.45, 7) is 1.54. The second-order valence-electron chi connectivity index (χ2n) is 3.85. The average molecular weight is 286 g/mol. The Morgan fingerprint density at radius 2 is 1.95 bits per heavy atom. The minimum absolute atomic E-state index is 0.219. The molecule has 1 aromatic heterocycles. The molecule has 1 heterocycles. The predicted molar refractivity (Wildman–Crippen MR) is 66.6 cm³/mol. The van der Waals surface area contributed by atoms with Crippen molar-refractivity contribution in [2.45, 2.75) is 13.3 Å². The Balaban J connectivity index is 2.30. The maximum atomic E-state index is 12.1. The fraction of sp³-hybridized carbons (Fsp3) is 0.154. The number of halogens is 3. The van der Waals surface area contributed by atoms with Gasteiger partial charge in [0.25, 0.3) is 0 Å². The fourth-order valence-electron chi connectivity index (χ4n) is 1.61. The molecule has 19 heavy (non-hydrogen) atoms. The second-order valence-corrected chi connectivity index (χ2v) is 4.96. The van der Waals surface area contributed by atoms with Gasteiger partial charge in [-0.2, -0.15) is 0 Å². The summed E-state index contributed by atoms with van der Waals surface area (Å²) in [7, 11) is 0. The zero-order chi connectivity index (χ0) is 14.0. The first-order valence-corrected chi connectivity index (χ1v) is 6.12. The van der Waals surface area contributed by atoms with E-state index in [4.69, 9.17) is 0 Å². The van der Waals surface area contributed by atoms with E-state index >= 15 is 0 Å². The third-order valence-electron chi connectivity index (χ3n) is 2.43. The van der Waals surface area contributed by atoms with Gasteiger partial charge in [-0.25, -0.2) is 0 Å². The van der Waals surface area contributed by atoms with Gasteiger partial charge >= 0.3 is 6.36 Å². The van der Waals surface area contributed by atoms with Crippen molar-refractivity contribution < 1.29 is 22.7 Å². The third kappa shape index (κ3) is 3.35. The number of alkyl halides is 3. The molecule has 0 saturated heterocycles. The molecule has 1 aromatic carbocycles. The summed E-state index contributed by atoms with van der Waals surface area (Å²) >= 11 is 1.28. The molecule has 0 aliphatic carbocycles. The molecule has 0 N–H and O–H groups in total. The van der Waals surface area contributed by atoms with Crippen LogP contribution in [0.1, 0.15) is 15.2 Å². The smallest absolute Gasteiger partial charge is 0.406 e. The van der Waals surface area contributed by atoms with E-state index in [-0.39, 0.29) is 5.75 Å². The molecule has 0 aliphatic heterocycles. The number of hydrogen-bond acceptors (Lipinski definition) is 3. The largest absolute Gasteiger partial charge is 0.573 e. The van der Waals surface area contributed by atoms with E-state index < -0.39 is 6.36 Å². The molecular formula is C13H9F3O2S. The highest BCUT2D eigenvalue weighted by atomic mass is 32.1. The number of carbonyl (C=O) groups is 1. The van der Waals surface area contributed by atoms with E-state index in [1.165, 1.54) is 23.5 Å². The van der Waals surface area contributed by atoms with Crippen LogP contribution in [-0.2, 0) is 0 Å². The van der Waals surface area contributed by atoms with Crippen molar-refractivity contribution in [3.63, 3.8) is 0 Å². The van der Waals surface area contributed by atoms with Crippen LogP contribution >= 0.6 is 11.3 Å². The van der Waals surface area contributed by atoms with Gasteiger partial charge in [0.1, 0.15) is 5.75 Å². The second kappa shape index (κ2) is 5.05. The van der Waals surface area contributed by atoms with Crippen LogP contribution in [-0.4, -0.2) is 12.6 Å². The lowest BCUT2D eigenvalue weighted by Gasteiger charge is -2.11. The lowest BCUT2D eigenvalue weighted by atomic mass is 10.1. The Bertz CT molecular complexity index is 602. The maximum absolute atomic E-state index is 12.1. The van der Waals surface area contributed by atoms with Gasteiger partial charge in [-0.05, 0) is 48.4 Å². The van der Waals surface area contributed by atoms with Gasteiger partial charge in [-0.3, -0.25) is 4.79 Å². The van der Waals surface area contributed by atoms with Crippen LogP contribution in [0.15, 0.2) is 30.3 Å². The van der Waals surface area contributed by atoms with Crippen LogP contribution in [0.25, 0.3) is 10.4 Å². The first-order chi connectivity index (χ1) is 8.89. The number of benzene rings is 1. The average Bonchev–Trinajstić information content (AvgIpc) is 2.79. The quantitative estimate of drug-likeness (QED) is 0.780. The number of aldehydes is 1. The zero-order valence-corrected chi connectivity index (χ0v) is 10.6. The number of hydrogen-bond donors (Lipinski definition) is 0. The first kappa shape index (κ1) is 13.6. The van der Waals surface area contributed by atoms with E-state index in [0.29, 0.717) is 10.4 Å². The Morgan fingerprint density at radius 1 is 1.21 bits per heavy atom. The predicted octanol–water partition coefficient (Wildman–Crippen LogP) is 4.43. The van der Waals surface area contributed by atoms with Crippen molar-refractivity contribution in [2.75, 3.05) is 0 Å². The monoisotopic (exact) mass is 286 g/mol. The molecular weight excluding hydrogens is 277 g/mol. The summed E-state index contributed by atoms with van der Waals surface area (Å²) in [6, 6.07) is 7.84. The molecule has 0 spiro atoms. The number of rotatable bonds is 3. The SMILES string of the molecule is Cc1cc(-c2ccc(C=O)s2)ccc1OC(F)(F)F. The Hall–Kier alpha value is -1.82. The molecule has 0 aliphatic rings. The van der Waals surface area contributed by atoms with E-state index in [1.807, 2.05) is 0 Å². The van der Waals surface area contributed by atoms with E-state index in [2.05, 4.69) is 4.74 Å². The van der Waals surface area contributed by atoms with Crippen LogP contribution in [0.4, 0.5) is 13.2 Å². The summed E-state index contributed by atoms with van der Waals surface area (Å²) in [5.74, 6) is -0.219. The van der Waals surface area contributed by atoms with E-state index in [0.717, 1.165) is 16.7 Å². The van der Waals surface area contributed by atoms with Crippen molar-refractivity contribution in [3.05, 3.63) is 40.8 Å². The van der Waals surface area contributed by atoms with Crippen molar-refractivity contribution in [1.82, 2.24) is 0 Å². The molecule has 0 bridgehead atoms. The minimum Gasteiger partial charge on any atom is -0.406 e. The molecule has 0 saturated carbocycles. The van der Waals surface area contributed by atoms with Crippen molar-refractivity contribution >= 4 is 17.6 Å². The molecule has 100 valence electrons. The number of aryl methyl sites for hydroxylation is 1. The summed E-state index contributed by atoms with van der Waals surface area (Å²) in [4.78, 5) is 12.0. The molecule has 2 aromatic rings. The van der Waals surface area contributed by atoms with Crippen LogP contribution in [0.2, 0.25) is 0 Å². The van der Waals surface area contributed by atoms with Gasteiger partial charge in [-0.1, -0.05) is 0 Å². The summed E-state index contributed by atoms with van der Waals surface area (Å²) < 4.78 is 40.3.